The van der Waals surface area contributed by atoms with Crippen LogP contribution in [0, 0.1) is 0 Å². The molecule has 3 nitrogen and oxygen atoms in total. The molecule has 2 N–H and O–H groups in total. The molecule has 0 aliphatic carbocycles. The average molecular weight is 477 g/mol. The van der Waals surface area contributed by atoms with Gasteiger partial charge in [0, 0.05) is 33.4 Å². The van der Waals surface area contributed by atoms with Crippen molar-refractivity contribution >= 4 is 0 Å². The van der Waals surface area contributed by atoms with Gasteiger partial charge in [0.1, 0.15) is 17.3 Å². The van der Waals surface area contributed by atoms with Crippen molar-refractivity contribution < 1.29 is 14.6 Å². The number of phenolic OH excluding ortho intramolecular Hbond substituents is 2. The topological polar surface area (TPSA) is 53.6 Å². The Kier molecular flexibility index (Phi) is 6.51. The van der Waals surface area contributed by atoms with E-state index in [0.717, 1.165) is 44.7 Å². The van der Waals surface area contributed by atoms with E-state index >= 15 is 0 Å². The van der Waals surface area contributed by atoms with Crippen molar-refractivity contribution in [3.8, 4) is 33.9 Å². The van der Waals surface area contributed by atoms with Crippen LogP contribution >= 0.6 is 0 Å². The van der Waals surface area contributed by atoms with E-state index in [1.807, 2.05) is 6.07 Å². The van der Waals surface area contributed by atoms with Gasteiger partial charge in [-0.3, -0.25) is 0 Å². The molecule has 0 aliphatic heterocycles. The van der Waals surface area contributed by atoms with Crippen LogP contribution in [0.15, 0.2) is 41.0 Å². The second-order valence-corrected chi connectivity index (χ2v) is 14.0. The molecule has 0 fully saturated rings. The summed E-state index contributed by atoms with van der Waals surface area (Å²) >= 11 is 0. The van der Waals surface area contributed by atoms with Gasteiger partial charge >= 0.3 is 0 Å². The molecule has 0 radical (unpaired) electrons. The first kappa shape index (κ1) is 26.9. The number of furan rings is 1. The third kappa shape index (κ3) is 5.29. The van der Waals surface area contributed by atoms with Crippen molar-refractivity contribution in [2.24, 2.45) is 0 Å². The molecule has 35 heavy (non-hydrogen) atoms. The Morgan fingerprint density at radius 2 is 0.829 bits per heavy atom. The molecule has 0 aliphatic rings. The van der Waals surface area contributed by atoms with Crippen molar-refractivity contribution in [1.29, 1.82) is 0 Å². The normalized spacial score (nSPS) is 13.4. The standard InChI is InChI=1S/C32H44O3/c1-29(2,3)22-15-19(16-23(26(22)33)30(4,5)6)21-13-14-35-28(21)20-17-24(31(7,8)9)27(34)25(18-20)32(10,11)12/h13-18,33-34H,1-12H3. The molecule has 0 atom stereocenters. The van der Waals surface area contributed by atoms with Gasteiger partial charge in [-0.1, -0.05) is 83.1 Å². The highest BCUT2D eigenvalue weighted by molar-refractivity contribution is 5.82. The van der Waals surface area contributed by atoms with E-state index in [0.29, 0.717) is 11.5 Å². The predicted octanol–water partition coefficient (Wildman–Crippen LogP) is 9.21. The van der Waals surface area contributed by atoms with Gasteiger partial charge in [0.15, 0.2) is 0 Å². The van der Waals surface area contributed by atoms with Gasteiger partial charge in [0.2, 0.25) is 0 Å². The molecule has 0 spiro atoms. The third-order valence-corrected chi connectivity index (χ3v) is 6.69. The van der Waals surface area contributed by atoms with Gasteiger partial charge in [-0.25, -0.2) is 0 Å². The quantitative estimate of drug-likeness (QED) is 0.387. The van der Waals surface area contributed by atoms with Crippen LogP contribution in [0.25, 0.3) is 22.5 Å². The Hall–Kier alpha value is -2.68. The van der Waals surface area contributed by atoms with E-state index < -0.39 is 0 Å². The maximum absolute atomic E-state index is 11.2. The number of benzene rings is 2. The number of aromatic hydroxyl groups is 2. The van der Waals surface area contributed by atoms with E-state index in [1.165, 1.54) is 0 Å². The van der Waals surface area contributed by atoms with Gasteiger partial charge in [-0.15, -0.1) is 0 Å². The van der Waals surface area contributed by atoms with Crippen molar-refractivity contribution in [2.75, 3.05) is 0 Å². The molecular formula is C32H44O3. The highest BCUT2D eigenvalue weighted by Gasteiger charge is 2.30. The molecule has 3 aromatic rings. The Morgan fingerprint density at radius 3 is 1.14 bits per heavy atom. The van der Waals surface area contributed by atoms with E-state index in [-0.39, 0.29) is 21.7 Å². The summed E-state index contributed by atoms with van der Waals surface area (Å²) in [7, 11) is 0. The lowest BCUT2D eigenvalue weighted by atomic mass is 9.77. The van der Waals surface area contributed by atoms with E-state index in [4.69, 9.17) is 4.42 Å². The van der Waals surface area contributed by atoms with E-state index in [1.54, 1.807) is 6.26 Å². The fraction of sp³-hybridized carbons (Fsp3) is 0.500. The van der Waals surface area contributed by atoms with Crippen LogP contribution in [0.3, 0.4) is 0 Å². The fourth-order valence-electron chi connectivity index (χ4n) is 4.60. The zero-order chi connectivity index (χ0) is 26.7. The van der Waals surface area contributed by atoms with Crippen LogP contribution in [-0.4, -0.2) is 10.2 Å². The van der Waals surface area contributed by atoms with Crippen LogP contribution in [0.4, 0.5) is 0 Å². The molecule has 0 unspecified atom stereocenters. The summed E-state index contributed by atoms with van der Waals surface area (Å²) in [6.45, 7) is 25.5. The summed E-state index contributed by atoms with van der Waals surface area (Å²) in [5, 5.41) is 22.4. The maximum Gasteiger partial charge on any atom is 0.141 e. The molecule has 3 rings (SSSR count). The van der Waals surface area contributed by atoms with Gasteiger partial charge < -0.3 is 14.6 Å². The molecule has 1 aromatic heterocycles. The van der Waals surface area contributed by atoms with E-state index in [2.05, 4.69) is 107 Å². The molecule has 1 heterocycles. The lowest BCUT2D eigenvalue weighted by Gasteiger charge is -2.29. The van der Waals surface area contributed by atoms with Crippen LogP contribution in [-0.2, 0) is 21.7 Å². The monoisotopic (exact) mass is 476 g/mol. The molecule has 0 amide bonds. The first-order valence-corrected chi connectivity index (χ1v) is 12.6. The molecular weight excluding hydrogens is 432 g/mol. The third-order valence-electron chi connectivity index (χ3n) is 6.69. The van der Waals surface area contributed by atoms with Gasteiger partial charge in [-0.2, -0.15) is 0 Å². The Balaban J connectivity index is 2.36. The summed E-state index contributed by atoms with van der Waals surface area (Å²) in [5.41, 5.74) is 5.68. The lowest BCUT2D eigenvalue weighted by Crippen LogP contribution is -2.17. The van der Waals surface area contributed by atoms with Crippen LogP contribution in [0.5, 0.6) is 11.5 Å². The smallest absolute Gasteiger partial charge is 0.141 e. The van der Waals surface area contributed by atoms with Gasteiger partial charge in [0.25, 0.3) is 0 Å². The lowest BCUT2D eigenvalue weighted by molar-refractivity contribution is 0.422. The minimum absolute atomic E-state index is 0.221. The number of hydrogen-bond donors (Lipinski definition) is 2. The van der Waals surface area contributed by atoms with Gasteiger partial charge in [-0.05, 0) is 57.6 Å². The molecule has 0 bridgehead atoms. The average Bonchev–Trinajstić information content (AvgIpc) is 3.14. The highest BCUT2D eigenvalue weighted by atomic mass is 16.3. The first-order chi connectivity index (χ1) is 15.7. The fourth-order valence-corrected chi connectivity index (χ4v) is 4.60. The minimum Gasteiger partial charge on any atom is -0.507 e. The van der Waals surface area contributed by atoms with E-state index in [9.17, 15) is 10.2 Å². The van der Waals surface area contributed by atoms with Crippen molar-refractivity contribution in [1.82, 2.24) is 0 Å². The Bertz CT molecular complexity index is 1060. The van der Waals surface area contributed by atoms with Crippen LogP contribution in [0.2, 0.25) is 0 Å². The predicted molar refractivity (Wildman–Crippen MR) is 148 cm³/mol. The molecule has 3 heteroatoms. The van der Waals surface area contributed by atoms with Crippen molar-refractivity contribution in [3.05, 3.63) is 58.8 Å². The second kappa shape index (κ2) is 8.47. The first-order valence-electron chi connectivity index (χ1n) is 12.6. The zero-order valence-corrected chi connectivity index (χ0v) is 23.8. The molecule has 2 aromatic carbocycles. The largest absolute Gasteiger partial charge is 0.507 e. The minimum atomic E-state index is -0.232. The van der Waals surface area contributed by atoms with Crippen molar-refractivity contribution in [3.63, 3.8) is 0 Å². The molecule has 190 valence electrons. The number of rotatable bonds is 2. The maximum atomic E-state index is 11.2. The van der Waals surface area contributed by atoms with Gasteiger partial charge in [0.05, 0.1) is 6.26 Å². The van der Waals surface area contributed by atoms with Crippen molar-refractivity contribution in [2.45, 2.75) is 105 Å². The Morgan fingerprint density at radius 1 is 0.514 bits per heavy atom. The van der Waals surface area contributed by atoms with Crippen LogP contribution in [0.1, 0.15) is 105 Å². The summed E-state index contributed by atoms with van der Waals surface area (Å²) in [4.78, 5) is 0. The summed E-state index contributed by atoms with van der Waals surface area (Å²) in [6, 6.07) is 10.3. The second-order valence-electron chi connectivity index (χ2n) is 14.0. The summed E-state index contributed by atoms with van der Waals surface area (Å²) in [6.07, 6.45) is 1.73. The summed E-state index contributed by atoms with van der Waals surface area (Å²) < 4.78 is 6.12. The van der Waals surface area contributed by atoms with Crippen LogP contribution < -0.4 is 0 Å². The number of phenols is 2. The zero-order valence-electron chi connectivity index (χ0n) is 23.8. The highest BCUT2D eigenvalue weighted by Crippen LogP contribution is 2.46. The summed E-state index contributed by atoms with van der Waals surface area (Å²) in [5.74, 6) is 1.50. The Labute approximate surface area is 212 Å². The molecule has 0 saturated carbocycles. The SMILES string of the molecule is CC(C)(C)c1cc(-c2ccoc2-c2cc(C(C)(C)C)c(O)c(C(C)(C)C)c2)cc(C(C)(C)C)c1O. The number of hydrogen-bond acceptors (Lipinski definition) is 3. The molecule has 0 saturated heterocycles.